The fourth-order valence-electron chi connectivity index (χ4n) is 7.80. The molecule has 0 N–H and O–H groups in total. The van der Waals surface area contributed by atoms with Crippen LogP contribution in [-0.4, -0.2) is 27.4 Å². The van der Waals surface area contributed by atoms with Gasteiger partial charge in [-0.3, -0.25) is 0 Å². The maximum absolute atomic E-state index is 6.93. The molecule has 4 aromatic rings. The Labute approximate surface area is 314 Å². The molecule has 0 amide bonds. The number of hydrogen-bond acceptors (Lipinski definition) is 4. The van der Waals surface area contributed by atoms with Crippen molar-refractivity contribution in [2.45, 2.75) is 130 Å². The molecular weight excluding hydrogens is 641 g/mol. The average Bonchev–Trinajstić information content (AvgIpc) is 3.02. The molecule has 52 heavy (non-hydrogen) atoms. The van der Waals surface area contributed by atoms with Gasteiger partial charge in [0.15, 0.2) is 0 Å². The Morgan fingerprint density at radius 1 is 0.365 bits per heavy atom. The molecule has 4 aromatic carbocycles. The number of benzene rings is 4. The maximum atomic E-state index is 6.93. The van der Waals surface area contributed by atoms with Gasteiger partial charge in [-0.05, 0) is 88.4 Å². The monoisotopic (exact) mass is 702 g/mol. The van der Waals surface area contributed by atoms with Crippen LogP contribution in [0.3, 0.4) is 0 Å². The van der Waals surface area contributed by atoms with Crippen molar-refractivity contribution in [2.24, 2.45) is 0 Å². The van der Waals surface area contributed by atoms with Crippen LogP contribution >= 0.6 is 0 Å². The third-order valence-corrected chi connectivity index (χ3v) is 10.9. The molecular formula is C48H62O4. The quantitative estimate of drug-likeness (QED) is 0.183. The van der Waals surface area contributed by atoms with Gasteiger partial charge in [-0.1, -0.05) is 132 Å². The van der Waals surface area contributed by atoms with E-state index in [1.54, 1.807) is 0 Å². The third kappa shape index (κ3) is 7.59. The highest BCUT2D eigenvalue weighted by atomic mass is 16.5. The Morgan fingerprint density at radius 2 is 0.577 bits per heavy atom. The Bertz CT molecular complexity index is 1740. The minimum atomic E-state index is -0.0660. The zero-order valence-electron chi connectivity index (χ0n) is 34.5. The Balaban J connectivity index is 1.79. The van der Waals surface area contributed by atoms with Crippen molar-refractivity contribution < 1.29 is 18.9 Å². The zero-order chi connectivity index (χ0) is 38.0. The first-order valence-corrected chi connectivity index (χ1v) is 19.2. The molecule has 0 spiro atoms. The van der Waals surface area contributed by atoms with Gasteiger partial charge in [0.05, 0.1) is 14.2 Å². The molecule has 2 aliphatic heterocycles. The summed E-state index contributed by atoms with van der Waals surface area (Å²) in [6.45, 7) is 28.5. The summed E-state index contributed by atoms with van der Waals surface area (Å²) >= 11 is 0. The van der Waals surface area contributed by atoms with Crippen LogP contribution in [0.15, 0.2) is 48.5 Å². The van der Waals surface area contributed by atoms with Gasteiger partial charge in [0, 0.05) is 25.7 Å². The second kappa shape index (κ2) is 13.5. The highest BCUT2D eigenvalue weighted by molar-refractivity contribution is 5.60. The Morgan fingerprint density at radius 3 is 0.769 bits per heavy atom. The van der Waals surface area contributed by atoms with E-state index in [-0.39, 0.29) is 21.7 Å². The van der Waals surface area contributed by atoms with Gasteiger partial charge in [0.25, 0.3) is 0 Å². The molecule has 2 aliphatic rings. The molecule has 0 fully saturated rings. The smallest absolute Gasteiger partial charge is 0.126 e. The van der Waals surface area contributed by atoms with Crippen molar-refractivity contribution in [1.82, 2.24) is 0 Å². The van der Waals surface area contributed by atoms with Crippen LogP contribution < -0.4 is 18.9 Å². The van der Waals surface area contributed by atoms with Crippen molar-refractivity contribution in [3.8, 4) is 23.0 Å². The summed E-state index contributed by atoms with van der Waals surface area (Å²) in [4.78, 5) is 0. The summed E-state index contributed by atoms with van der Waals surface area (Å²) in [6.07, 6.45) is 2.77. The van der Waals surface area contributed by atoms with Gasteiger partial charge in [-0.2, -0.15) is 0 Å². The molecule has 0 saturated heterocycles. The van der Waals surface area contributed by atoms with E-state index in [0.29, 0.717) is 38.9 Å². The van der Waals surface area contributed by atoms with E-state index in [2.05, 4.69) is 132 Å². The van der Waals surface area contributed by atoms with E-state index in [0.717, 1.165) is 23.0 Å². The molecule has 0 atom stereocenters. The van der Waals surface area contributed by atoms with Crippen LogP contribution in [0, 0.1) is 0 Å². The van der Waals surface area contributed by atoms with Crippen LogP contribution in [0.4, 0.5) is 0 Å². The molecule has 2 heterocycles. The van der Waals surface area contributed by atoms with E-state index in [1.807, 2.05) is 14.2 Å². The van der Waals surface area contributed by atoms with Gasteiger partial charge >= 0.3 is 0 Å². The van der Waals surface area contributed by atoms with Crippen molar-refractivity contribution in [1.29, 1.82) is 0 Å². The normalized spacial score (nSPS) is 15.0. The number of fused-ring (bicyclic) bond motifs is 7. The average molecular weight is 703 g/mol. The molecule has 0 saturated carbocycles. The third-order valence-electron chi connectivity index (χ3n) is 10.9. The summed E-state index contributed by atoms with van der Waals surface area (Å²) in [6, 6.07) is 19.0. The van der Waals surface area contributed by atoms with Gasteiger partial charge in [0.1, 0.15) is 36.2 Å². The van der Waals surface area contributed by atoms with Gasteiger partial charge in [-0.25, -0.2) is 0 Å². The lowest BCUT2D eigenvalue weighted by Crippen LogP contribution is -2.17. The summed E-state index contributed by atoms with van der Waals surface area (Å²) in [5.74, 6) is 3.77. The predicted molar refractivity (Wildman–Crippen MR) is 216 cm³/mol. The topological polar surface area (TPSA) is 36.9 Å². The van der Waals surface area contributed by atoms with Crippen LogP contribution in [0.1, 0.15) is 150 Å². The summed E-state index contributed by atoms with van der Waals surface area (Å²) in [5.41, 5.74) is 14.4. The molecule has 4 heteroatoms. The molecule has 0 aromatic heterocycles. The van der Waals surface area contributed by atoms with Crippen LogP contribution in [0.2, 0.25) is 0 Å². The first-order chi connectivity index (χ1) is 24.2. The fraction of sp³-hybridized carbons (Fsp3) is 0.500. The van der Waals surface area contributed by atoms with E-state index < -0.39 is 0 Å². The van der Waals surface area contributed by atoms with E-state index >= 15 is 0 Å². The Hall–Kier alpha value is -3.92. The summed E-state index contributed by atoms with van der Waals surface area (Å²) in [5, 5.41) is 0. The standard InChI is InChI=1S/C48H62O4/c1-45(2,3)37-21-29-17-33-25-39(47(7,8)9)27-35-19-31-23-38(46(4,5)6)24-32(42(31)50-14)20-36-28-40(48(10,11)12)26-34(18-30(22-37)41(29)49-13)44(36)52-16-15-51-43(33)35/h21-28H,15-20H2,1-14H3. The van der Waals surface area contributed by atoms with Crippen molar-refractivity contribution in [3.05, 3.63) is 115 Å². The molecule has 0 aliphatic carbocycles. The van der Waals surface area contributed by atoms with Crippen LogP contribution in [0.25, 0.3) is 0 Å². The van der Waals surface area contributed by atoms with Crippen LogP contribution in [-0.2, 0) is 47.3 Å². The second-order valence-electron chi connectivity index (χ2n) is 19.3. The predicted octanol–water partition coefficient (Wildman–Crippen LogP) is 11.3. The van der Waals surface area contributed by atoms with E-state index in [9.17, 15) is 0 Å². The summed E-state index contributed by atoms with van der Waals surface area (Å²) in [7, 11) is 3.65. The number of ether oxygens (including phenoxy) is 4. The van der Waals surface area contributed by atoms with E-state index in [1.165, 1.54) is 66.8 Å². The van der Waals surface area contributed by atoms with Gasteiger partial charge < -0.3 is 18.9 Å². The zero-order valence-corrected chi connectivity index (χ0v) is 34.5. The largest absolute Gasteiger partial charge is 0.496 e. The van der Waals surface area contributed by atoms with Gasteiger partial charge in [0.2, 0.25) is 0 Å². The lowest BCUT2D eigenvalue weighted by molar-refractivity contribution is 0.213. The minimum Gasteiger partial charge on any atom is -0.496 e. The molecule has 4 nitrogen and oxygen atoms in total. The highest BCUT2D eigenvalue weighted by Gasteiger charge is 2.29. The van der Waals surface area contributed by atoms with E-state index in [4.69, 9.17) is 18.9 Å². The maximum Gasteiger partial charge on any atom is 0.126 e. The molecule has 0 unspecified atom stereocenters. The first kappa shape index (κ1) is 37.8. The number of hydrogen-bond donors (Lipinski definition) is 0. The lowest BCUT2D eigenvalue weighted by atomic mass is 9.79. The number of rotatable bonds is 2. The van der Waals surface area contributed by atoms with Crippen LogP contribution in [0.5, 0.6) is 23.0 Å². The Kier molecular flexibility index (Phi) is 9.81. The van der Waals surface area contributed by atoms with Gasteiger partial charge in [-0.15, -0.1) is 0 Å². The fourth-order valence-corrected chi connectivity index (χ4v) is 7.80. The molecule has 6 bridgehead atoms. The van der Waals surface area contributed by atoms with Crippen molar-refractivity contribution in [3.63, 3.8) is 0 Å². The summed E-state index contributed by atoms with van der Waals surface area (Å²) < 4.78 is 26.7. The van der Waals surface area contributed by atoms with Crippen molar-refractivity contribution >= 4 is 0 Å². The SMILES string of the molecule is COc1c2cc(C(C)(C)C)cc1Cc1cc(C(C)(C)C)cc3c1OCCOc1c(cc(C(C)(C)C)cc1Cc1cc(C(C)(C)C)cc(c1OC)C3)C2. The molecule has 278 valence electrons. The first-order valence-electron chi connectivity index (χ1n) is 19.2. The minimum absolute atomic E-state index is 0.0515. The second-order valence-corrected chi connectivity index (χ2v) is 19.3. The highest BCUT2D eigenvalue weighted by Crippen LogP contribution is 2.44. The molecule has 0 radical (unpaired) electrons. The lowest BCUT2D eigenvalue weighted by Gasteiger charge is -2.28. The number of methoxy groups -OCH3 is 2. The molecule has 6 rings (SSSR count). The van der Waals surface area contributed by atoms with Crippen molar-refractivity contribution in [2.75, 3.05) is 27.4 Å².